The van der Waals surface area contributed by atoms with Crippen molar-refractivity contribution in [2.45, 2.75) is 72.3 Å². The van der Waals surface area contributed by atoms with Crippen LogP contribution in [0.1, 0.15) is 63.5 Å². The molecule has 3 aromatic rings. The summed E-state index contributed by atoms with van der Waals surface area (Å²) in [4.78, 5) is 26.3. The lowest BCUT2D eigenvalue weighted by Gasteiger charge is -2.38. The molecular weight excluding hydrogens is 499 g/mol. The van der Waals surface area contributed by atoms with Gasteiger partial charge in [0.2, 0.25) is 5.43 Å². The number of carbonyl (C=O) groups excluding carboxylic acids is 1. The van der Waals surface area contributed by atoms with Crippen LogP contribution in [0.25, 0.3) is 10.9 Å². The predicted octanol–water partition coefficient (Wildman–Crippen LogP) is 7.15. The Morgan fingerprint density at radius 2 is 1.76 bits per heavy atom. The Morgan fingerprint density at radius 1 is 1.11 bits per heavy atom. The number of benzene rings is 2. The van der Waals surface area contributed by atoms with Crippen molar-refractivity contribution in [3.8, 4) is 0 Å². The van der Waals surface area contributed by atoms with Gasteiger partial charge in [-0.05, 0) is 66.9 Å². The van der Waals surface area contributed by atoms with Crippen molar-refractivity contribution in [1.82, 2.24) is 4.57 Å². The van der Waals surface area contributed by atoms with Crippen LogP contribution in [0.4, 0.5) is 10.1 Å². The molecule has 0 aliphatic carbocycles. The Morgan fingerprint density at radius 3 is 2.34 bits per heavy atom. The summed E-state index contributed by atoms with van der Waals surface area (Å²) < 4.78 is 27.1. The van der Waals surface area contributed by atoms with Crippen LogP contribution < -0.4 is 10.7 Å². The molecule has 1 atom stereocenters. The topological polar surface area (TPSA) is 69.6 Å². The lowest BCUT2D eigenvalue weighted by molar-refractivity contribution is 0.0523. The van der Waals surface area contributed by atoms with Gasteiger partial charge in [-0.3, -0.25) is 4.79 Å². The minimum absolute atomic E-state index is 0.00742. The second-order valence-corrected chi connectivity index (χ2v) is 16.4. The van der Waals surface area contributed by atoms with E-state index in [2.05, 4.69) is 53.0 Å². The monoisotopic (exact) mass is 540 g/mol. The number of halogens is 1. The van der Waals surface area contributed by atoms with Gasteiger partial charge in [0, 0.05) is 23.8 Å². The van der Waals surface area contributed by atoms with Crippen LogP contribution in [-0.4, -0.2) is 32.1 Å². The first-order valence-corrected chi connectivity index (χ1v) is 16.1. The molecule has 206 valence electrons. The summed E-state index contributed by atoms with van der Waals surface area (Å²) in [5.41, 5.74) is 2.01. The number of ether oxygens (including phenoxy) is 1. The van der Waals surface area contributed by atoms with Gasteiger partial charge in [0.25, 0.3) is 0 Å². The zero-order valence-corrected chi connectivity index (χ0v) is 24.9. The van der Waals surface area contributed by atoms with Gasteiger partial charge in [0.15, 0.2) is 8.32 Å². The fraction of sp³-hybridized carbons (Fsp3) is 0.467. The third-order valence-electron chi connectivity index (χ3n) is 7.49. The quantitative estimate of drug-likeness (QED) is 0.218. The molecule has 2 aromatic carbocycles. The van der Waals surface area contributed by atoms with Gasteiger partial charge in [-0.25, -0.2) is 9.18 Å². The predicted molar refractivity (Wildman–Crippen MR) is 155 cm³/mol. The van der Waals surface area contributed by atoms with Crippen LogP contribution in [0.5, 0.6) is 0 Å². The van der Waals surface area contributed by atoms with Crippen molar-refractivity contribution in [3.05, 3.63) is 75.8 Å². The summed E-state index contributed by atoms with van der Waals surface area (Å²) in [5.74, 6) is -0.744. The maximum atomic E-state index is 13.5. The summed E-state index contributed by atoms with van der Waals surface area (Å²) in [6.45, 7) is 18.1. The average molecular weight is 541 g/mol. The van der Waals surface area contributed by atoms with Gasteiger partial charge in [0.05, 0.1) is 24.8 Å². The molecule has 38 heavy (non-hydrogen) atoms. The number of rotatable bonds is 10. The molecule has 0 fully saturated rings. The molecule has 0 aliphatic rings. The van der Waals surface area contributed by atoms with Gasteiger partial charge >= 0.3 is 5.97 Å². The van der Waals surface area contributed by atoms with E-state index >= 15 is 0 Å². The normalized spacial score (nSPS) is 13.1. The van der Waals surface area contributed by atoms with Crippen LogP contribution in [0.3, 0.4) is 0 Å². The van der Waals surface area contributed by atoms with Gasteiger partial charge in [-0.15, -0.1) is 0 Å². The number of anilines is 1. The number of hydrogen-bond donors (Lipinski definition) is 1. The van der Waals surface area contributed by atoms with Crippen LogP contribution >= 0.6 is 0 Å². The van der Waals surface area contributed by atoms with E-state index < -0.39 is 14.3 Å². The summed E-state index contributed by atoms with van der Waals surface area (Å²) >= 11 is 0. The number of esters is 1. The SMILES string of the molecule is CCOC(=O)c1cn([C@H](CO[Si](C)(C)C(C)(C)C)C(C)C)c2ccc(NCc3ccc(F)cc3)cc2c1=O. The highest BCUT2D eigenvalue weighted by Crippen LogP contribution is 2.38. The van der Waals surface area contributed by atoms with E-state index in [4.69, 9.17) is 9.16 Å². The first kappa shape index (κ1) is 29.6. The Kier molecular flexibility index (Phi) is 9.20. The van der Waals surface area contributed by atoms with Gasteiger partial charge < -0.3 is 19.0 Å². The van der Waals surface area contributed by atoms with Crippen molar-refractivity contribution in [2.75, 3.05) is 18.5 Å². The second kappa shape index (κ2) is 11.8. The van der Waals surface area contributed by atoms with Crippen molar-refractivity contribution in [3.63, 3.8) is 0 Å². The van der Waals surface area contributed by atoms with E-state index in [9.17, 15) is 14.0 Å². The van der Waals surface area contributed by atoms with E-state index in [-0.39, 0.29) is 40.4 Å². The largest absolute Gasteiger partial charge is 0.462 e. The molecule has 0 bridgehead atoms. The van der Waals surface area contributed by atoms with Crippen LogP contribution in [0.15, 0.2) is 53.5 Å². The number of aromatic nitrogens is 1. The number of hydrogen-bond acceptors (Lipinski definition) is 5. The van der Waals surface area contributed by atoms with Gasteiger partial charge in [0.1, 0.15) is 11.4 Å². The Balaban J connectivity index is 2.07. The summed E-state index contributed by atoms with van der Waals surface area (Å²) in [6.07, 6.45) is 1.63. The molecule has 0 saturated carbocycles. The minimum Gasteiger partial charge on any atom is -0.462 e. The number of nitrogens with one attached hydrogen (secondary N) is 1. The highest BCUT2D eigenvalue weighted by molar-refractivity contribution is 6.74. The third kappa shape index (κ3) is 6.72. The summed E-state index contributed by atoms with van der Waals surface area (Å²) in [6, 6.07) is 11.7. The molecule has 1 N–H and O–H groups in total. The van der Waals surface area contributed by atoms with Gasteiger partial charge in [-0.1, -0.05) is 46.8 Å². The van der Waals surface area contributed by atoms with Crippen LogP contribution in [-0.2, 0) is 15.7 Å². The molecule has 8 heteroatoms. The van der Waals surface area contributed by atoms with Crippen molar-refractivity contribution >= 4 is 30.9 Å². The Labute approximate surface area is 226 Å². The molecule has 0 radical (unpaired) electrons. The van der Waals surface area contributed by atoms with E-state index in [1.165, 1.54) is 12.1 Å². The highest BCUT2D eigenvalue weighted by Gasteiger charge is 2.38. The van der Waals surface area contributed by atoms with E-state index in [0.29, 0.717) is 18.5 Å². The highest BCUT2D eigenvalue weighted by atomic mass is 28.4. The molecule has 1 aromatic heterocycles. The Bertz CT molecular complexity index is 1330. The molecule has 0 spiro atoms. The van der Waals surface area contributed by atoms with Crippen molar-refractivity contribution in [2.24, 2.45) is 5.92 Å². The van der Waals surface area contributed by atoms with E-state index in [0.717, 1.165) is 16.8 Å². The fourth-order valence-electron chi connectivity index (χ4n) is 4.00. The zero-order valence-electron chi connectivity index (χ0n) is 23.9. The maximum Gasteiger partial charge on any atom is 0.343 e. The number of carbonyl (C=O) groups is 1. The minimum atomic E-state index is -2.03. The molecule has 0 aliphatic heterocycles. The molecule has 3 rings (SSSR count). The second-order valence-electron chi connectivity index (χ2n) is 11.6. The lowest BCUT2D eigenvalue weighted by atomic mass is 10.0. The molecule has 6 nitrogen and oxygen atoms in total. The molecule has 0 saturated heterocycles. The standard InChI is InChI=1S/C30H41FN2O4Si/c1-9-36-29(35)25-18-33(27(20(2)3)19-37-38(7,8)30(4,5)6)26-15-14-23(16-24(26)28(25)34)32-17-21-10-12-22(31)13-11-21/h10-16,18,20,27,32H,9,17,19H2,1-8H3/t27-/m1/s1. The fourth-order valence-corrected chi connectivity index (χ4v) is 5.02. The first-order chi connectivity index (χ1) is 17.7. The Hall–Kier alpha value is -2.97. The molecular formula is C30H41FN2O4Si. The number of fused-ring (bicyclic) bond motifs is 1. The van der Waals surface area contributed by atoms with Crippen LogP contribution in [0, 0.1) is 11.7 Å². The third-order valence-corrected chi connectivity index (χ3v) is 12.0. The molecule has 0 amide bonds. The first-order valence-electron chi connectivity index (χ1n) is 13.2. The lowest BCUT2D eigenvalue weighted by Crippen LogP contribution is -2.42. The number of pyridine rings is 1. The summed E-state index contributed by atoms with van der Waals surface area (Å²) in [5, 5.41) is 3.79. The summed E-state index contributed by atoms with van der Waals surface area (Å²) in [7, 11) is -2.03. The zero-order chi connectivity index (χ0) is 28.3. The average Bonchev–Trinajstić information content (AvgIpc) is 2.84. The van der Waals surface area contributed by atoms with Crippen molar-refractivity contribution < 1.29 is 18.3 Å². The van der Waals surface area contributed by atoms with E-state index in [1.807, 2.05) is 16.7 Å². The van der Waals surface area contributed by atoms with Crippen molar-refractivity contribution in [1.29, 1.82) is 0 Å². The van der Waals surface area contributed by atoms with Gasteiger partial charge in [-0.2, -0.15) is 0 Å². The molecule has 1 heterocycles. The van der Waals surface area contributed by atoms with Crippen LogP contribution in [0.2, 0.25) is 18.1 Å². The number of nitrogens with zero attached hydrogens (tertiary/aromatic N) is 1. The smallest absolute Gasteiger partial charge is 0.343 e. The maximum absolute atomic E-state index is 13.5. The van der Waals surface area contributed by atoms with E-state index in [1.54, 1.807) is 31.3 Å². The molecule has 0 unspecified atom stereocenters.